The van der Waals surface area contributed by atoms with E-state index in [-0.39, 0.29) is 0 Å². The fourth-order valence-electron chi connectivity index (χ4n) is 5.77. The van der Waals surface area contributed by atoms with Gasteiger partial charge in [0.1, 0.15) is 18.1 Å². The quantitative estimate of drug-likeness (QED) is 0.129. The highest BCUT2D eigenvalue weighted by Gasteiger charge is 1.93. The van der Waals surface area contributed by atoms with E-state index in [4.69, 9.17) is 4.42 Å². The third-order valence-corrected chi connectivity index (χ3v) is 13.0. The summed E-state index contributed by atoms with van der Waals surface area (Å²) in [6.07, 6.45) is 25.9. The number of thiazole rings is 3. The van der Waals surface area contributed by atoms with Crippen LogP contribution < -0.4 is 0 Å². The van der Waals surface area contributed by atoms with Crippen molar-refractivity contribution in [1.82, 2.24) is 65.0 Å². The lowest BCUT2D eigenvalue weighted by Gasteiger charge is -1.83. The van der Waals surface area contributed by atoms with Gasteiger partial charge in [0.05, 0.1) is 49.5 Å². The number of benzene rings is 5. The van der Waals surface area contributed by atoms with Gasteiger partial charge in [0.25, 0.3) is 0 Å². The lowest BCUT2D eigenvalue weighted by Crippen LogP contribution is -1.66. The van der Waals surface area contributed by atoms with E-state index in [9.17, 15) is 0 Å². The van der Waals surface area contributed by atoms with Crippen LogP contribution in [0.3, 0.4) is 0 Å². The van der Waals surface area contributed by atoms with Crippen molar-refractivity contribution in [2.24, 2.45) is 0 Å². The summed E-state index contributed by atoms with van der Waals surface area (Å²) < 4.78 is 17.6. The average Bonchev–Trinajstić information content (AvgIpc) is 1.79. The predicted octanol–water partition coefficient (Wildman–Crippen LogP) is 30.4. The molecule has 17 rings (SSSR count). The van der Waals surface area contributed by atoms with Crippen LogP contribution in [0.5, 0.6) is 0 Å². The minimum absolute atomic E-state index is 0.845. The number of aromatic nitrogens is 13. The van der Waals surface area contributed by atoms with Crippen LogP contribution in [0.1, 0.15) is 180 Å². The van der Waals surface area contributed by atoms with E-state index in [0.717, 1.165) is 22.1 Å². The number of imidazole rings is 1. The second-order valence-corrected chi connectivity index (χ2v) is 19.1. The third-order valence-electron chi connectivity index (χ3n) is 9.32. The molecule has 12 heterocycles. The molecule has 0 radical (unpaired) electrons. The van der Waals surface area contributed by atoms with E-state index >= 15 is 0 Å². The Labute approximate surface area is 664 Å². The number of oxazole rings is 2. The Morgan fingerprint density at radius 1 is 0.308 bits per heavy atom. The second kappa shape index (κ2) is 105. The standard InChI is InChI=1S/C8H7N.C8H6S.C7H5NO.2C7H5NS.C4H4N2.C4H5N.C4H4S.C3H4N2.C3H3NO.C3H3NS.C2H2N2O.13C2H6/c2*1-2-4-8-7(3-1)5-6-9-8;3*1-2-4-7-6(3-1)8-5-9-7;1-2-5-4-6-3-1;2*1-2-4-5-3-1;3*1-2-5-3-4-1;1-3-2-5-4-1;13*1-2/h1-6,9H;1-6H;3*1-5H;1-4H;1-5H;1-4H;1-3H,(H,4,5);2*1-3H;1-2H;13*1-2H3. The maximum absolute atomic E-state index is 5.01. The van der Waals surface area contributed by atoms with Crippen molar-refractivity contribution in [2.75, 3.05) is 0 Å². The van der Waals surface area contributed by atoms with Gasteiger partial charge in [-0.2, -0.15) is 11.3 Å². The molecule has 16 nitrogen and oxygen atoms in total. The van der Waals surface area contributed by atoms with Gasteiger partial charge < -0.3 is 28.3 Å². The van der Waals surface area contributed by atoms with E-state index < -0.39 is 0 Å². The summed E-state index contributed by atoms with van der Waals surface area (Å²) in [5, 5.41) is 14.0. The van der Waals surface area contributed by atoms with Gasteiger partial charge in [0.2, 0.25) is 6.39 Å². The molecule has 0 unspecified atom stereocenters. The maximum Gasteiger partial charge on any atom is 0.213 e. The van der Waals surface area contributed by atoms with Crippen molar-refractivity contribution in [3.63, 3.8) is 0 Å². The van der Waals surface area contributed by atoms with Crippen molar-refractivity contribution < 1.29 is 13.4 Å². The molecule has 5 aromatic carbocycles. The molecule has 0 saturated carbocycles. The van der Waals surface area contributed by atoms with Crippen LogP contribution in [-0.4, -0.2) is 65.0 Å². The zero-order chi connectivity index (χ0) is 82.0. The SMILES string of the molecule is CC.CC.CC.CC.CC.CC.CC.CC.CC.CC.CC.CC.CC.c1c[nH]cn1.c1cc[nH]c1.c1ccc2[nH]ccc2c1.c1ccc2ocnc2c1.c1ccc2sccc2c1.c1ccc2scnc2c1.c1ccc2scnc2c1.c1ccsc1.c1cncnc1.c1cocn1.c1cscn1.c1ncon1. The number of fused-ring (bicyclic) bond motifs is 5. The van der Waals surface area contributed by atoms with Gasteiger partial charge in [-0.05, 0) is 106 Å². The zero-order valence-electron chi connectivity index (χ0n) is 69.1. The van der Waals surface area contributed by atoms with Gasteiger partial charge in [0, 0.05) is 65.2 Å². The third kappa shape index (κ3) is 68.9. The van der Waals surface area contributed by atoms with Crippen LogP contribution in [0, 0.1) is 0 Å². The first-order valence-corrected chi connectivity index (χ1v) is 41.7. The Kier molecular flexibility index (Phi) is 111. The average molecular weight is 1560 g/mol. The highest BCUT2D eigenvalue weighted by molar-refractivity contribution is 7.17. The fourth-order valence-corrected chi connectivity index (χ4v) is 8.72. The van der Waals surface area contributed by atoms with Crippen molar-refractivity contribution in [1.29, 1.82) is 0 Å². The minimum atomic E-state index is 0.845. The summed E-state index contributed by atoms with van der Waals surface area (Å²) in [5.74, 6) is 0. The fraction of sp³-hybridized carbons (Fsp3) is 0.302. The number of para-hydroxylation sites is 5. The number of hydrogen-bond donors (Lipinski definition) is 3. The molecule has 12 aromatic heterocycles. The number of hydrogen-bond acceptors (Lipinski definition) is 18. The Balaban J connectivity index is -0.000000163. The van der Waals surface area contributed by atoms with E-state index in [1.807, 2.05) is 323 Å². The van der Waals surface area contributed by atoms with E-state index in [2.05, 4.69) is 140 Å². The molecule has 0 bridgehead atoms. The molecule has 0 aliphatic heterocycles. The Morgan fingerprint density at radius 3 is 1.17 bits per heavy atom. The summed E-state index contributed by atoms with van der Waals surface area (Å²) in [6.45, 7) is 52.0. The number of nitrogens with zero attached hydrogens (tertiary/aromatic N) is 10. The maximum atomic E-state index is 5.01. The van der Waals surface area contributed by atoms with Crippen LogP contribution in [0.15, 0.2) is 315 Å². The molecule has 3 N–H and O–H groups in total. The molecule has 588 valence electrons. The van der Waals surface area contributed by atoms with Crippen molar-refractivity contribution >= 4 is 109 Å². The lowest BCUT2D eigenvalue weighted by molar-refractivity contribution is 0.416. The second-order valence-electron chi connectivity index (χ2n) is 14.8. The van der Waals surface area contributed by atoms with E-state index in [0.29, 0.717) is 0 Å². The first kappa shape index (κ1) is 113. The van der Waals surface area contributed by atoms with Gasteiger partial charge in [-0.15, -0.1) is 45.3 Å². The first-order chi connectivity index (χ1) is 53.3. The number of H-pyrrole nitrogens is 3. The van der Waals surface area contributed by atoms with Gasteiger partial charge in [-0.3, -0.25) is 4.98 Å². The molecule has 0 spiro atoms. The summed E-state index contributed by atoms with van der Waals surface area (Å²) in [6, 6.07) is 54.4. The topological polar surface area (TPSA) is 216 Å². The highest BCUT2D eigenvalue weighted by atomic mass is 32.1. The molecule has 21 heteroatoms. The van der Waals surface area contributed by atoms with Crippen molar-refractivity contribution in [3.8, 4) is 0 Å². The summed E-state index contributed by atoms with van der Waals surface area (Å²) in [4.78, 5) is 42.7. The van der Waals surface area contributed by atoms with Crippen LogP contribution in [0.4, 0.5) is 0 Å². The monoisotopic (exact) mass is 1550 g/mol. The van der Waals surface area contributed by atoms with Crippen LogP contribution in [0.2, 0.25) is 0 Å². The minimum Gasteiger partial charge on any atom is -0.452 e. The van der Waals surface area contributed by atoms with Crippen molar-refractivity contribution in [3.05, 3.63) is 302 Å². The largest absolute Gasteiger partial charge is 0.452 e. The van der Waals surface area contributed by atoms with Gasteiger partial charge in [-0.1, -0.05) is 270 Å². The molecule has 0 saturated heterocycles. The van der Waals surface area contributed by atoms with E-state index in [1.165, 1.54) is 68.5 Å². The smallest absolute Gasteiger partial charge is 0.213 e. The molecule has 0 amide bonds. The lowest BCUT2D eigenvalue weighted by atomic mass is 10.3. The number of aromatic amines is 3. The first-order valence-electron chi connectivity index (χ1n) is 37.1. The zero-order valence-corrected chi connectivity index (χ0v) is 73.2. The summed E-state index contributed by atoms with van der Waals surface area (Å²) in [7, 11) is 0. The predicted molar refractivity (Wildman–Crippen MR) is 480 cm³/mol. The number of rotatable bonds is 0. The molecule has 0 aliphatic carbocycles. The number of nitrogens with one attached hydrogen (secondary N) is 3. The molecule has 0 atom stereocenters. The van der Waals surface area contributed by atoms with Crippen LogP contribution in [0.25, 0.3) is 52.5 Å². The summed E-state index contributed by atoms with van der Waals surface area (Å²) >= 11 is 8.45. The van der Waals surface area contributed by atoms with Crippen molar-refractivity contribution in [2.45, 2.75) is 180 Å². The normalized spacial score (nSPS) is 7.72. The van der Waals surface area contributed by atoms with Gasteiger partial charge in [0.15, 0.2) is 24.7 Å². The molecular formula is C86H131N13O3S5. The summed E-state index contributed by atoms with van der Waals surface area (Å²) in [5.41, 5.74) is 10.7. The van der Waals surface area contributed by atoms with Crippen LogP contribution >= 0.6 is 56.7 Å². The molecule has 0 fully saturated rings. The Hall–Kier alpha value is -9.90. The van der Waals surface area contributed by atoms with Crippen LogP contribution in [-0.2, 0) is 0 Å². The molecular weight excluding hydrogens is 1420 g/mol. The molecule has 0 aliphatic rings. The van der Waals surface area contributed by atoms with Gasteiger partial charge >= 0.3 is 0 Å². The Bertz CT molecular complexity index is 3090. The van der Waals surface area contributed by atoms with Gasteiger partial charge in [-0.25, -0.2) is 39.9 Å². The number of thiophene rings is 2. The molecule has 17 aromatic rings. The highest BCUT2D eigenvalue weighted by Crippen LogP contribution is 2.19. The van der Waals surface area contributed by atoms with E-state index in [1.54, 1.807) is 112 Å². The Morgan fingerprint density at radius 2 is 0.832 bits per heavy atom. The molecule has 107 heavy (non-hydrogen) atoms.